The minimum Gasteiger partial charge on any atom is -0.494 e. The summed E-state index contributed by atoms with van der Waals surface area (Å²) in [6.45, 7) is 7.64. The Labute approximate surface area is 105 Å². The van der Waals surface area contributed by atoms with Gasteiger partial charge in [0.25, 0.3) is 0 Å². The Morgan fingerprint density at radius 2 is 1.76 bits per heavy atom. The molecule has 3 heteroatoms. The van der Waals surface area contributed by atoms with Gasteiger partial charge in [-0.05, 0) is 50.6 Å². The molecule has 0 unspecified atom stereocenters. The van der Waals surface area contributed by atoms with Crippen LogP contribution in [-0.2, 0) is 0 Å². The first-order chi connectivity index (χ1) is 8.11. The van der Waals surface area contributed by atoms with Crippen LogP contribution >= 0.6 is 0 Å². The van der Waals surface area contributed by atoms with Crippen molar-refractivity contribution in [2.45, 2.75) is 20.3 Å². The summed E-state index contributed by atoms with van der Waals surface area (Å²) in [5.41, 5.74) is 7.99. The van der Waals surface area contributed by atoms with Crippen LogP contribution in [-0.4, -0.2) is 38.2 Å². The second-order valence-electron chi connectivity index (χ2n) is 4.62. The van der Waals surface area contributed by atoms with E-state index in [0.29, 0.717) is 6.54 Å². The molecule has 1 aromatic carbocycles. The molecule has 0 heterocycles. The normalized spacial score (nSPS) is 10.9. The van der Waals surface area contributed by atoms with Gasteiger partial charge in [0.2, 0.25) is 0 Å². The van der Waals surface area contributed by atoms with Crippen LogP contribution in [0.25, 0.3) is 0 Å². The molecular formula is C14H24N2O. The van der Waals surface area contributed by atoms with Crippen LogP contribution in [0.4, 0.5) is 0 Å². The van der Waals surface area contributed by atoms with Crippen molar-refractivity contribution in [1.29, 1.82) is 0 Å². The molecule has 0 amide bonds. The van der Waals surface area contributed by atoms with Crippen molar-refractivity contribution in [3.8, 4) is 5.75 Å². The van der Waals surface area contributed by atoms with Gasteiger partial charge in [-0.25, -0.2) is 0 Å². The summed E-state index contributed by atoms with van der Waals surface area (Å²) in [5, 5.41) is 0. The number of aryl methyl sites for hydroxylation is 2. The third-order valence-electron chi connectivity index (χ3n) is 2.66. The van der Waals surface area contributed by atoms with Gasteiger partial charge in [-0.3, -0.25) is 0 Å². The van der Waals surface area contributed by atoms with Gasteiger partial charge in [0.15, 0.2) is 0 Å². The van der Waals surface area contributed by atoms with Crippen molar-refractivity contribution in [2.24, 2.45) is 5.73 Å². The molecule has 0 radical (unpaired) electrons. The molecule has 0 spiro atoms. The molecule has 3 nitrogen and oxygen atoms in total. The standard InChI is InChI=1S/C14H24N2O/c1-12-9-13(2)11-14(10-12)17-8-4-6-16(3)7-5-15/h9-11H,4-8,15H2,1-3H3. The molecular weight excluding hydrogens is 212 g/mol. The molecule has 2 N–H and O–H groups in total. The third kappa shape index (κ3) is 5.71. The maximum atomic E-state index is 5.74. The molecule has 0 atom stereocenters. The van der Waals surface area contributed by atoms with E-state index in [1.807, 2.05) is 0 Å². The average Bonchev–Trinajstić information content (AvgIpc) is 2.23. The first-order valence-electron chi connectivity index (χ1n) is 6.21. The number of ether oxygens (including phenoxy) is 1. The van der Waals surface area contributed by atoms with Crippen molar-refractivity contribution in [1.82, 2.24) is 4.90 Å². The smallest absolute Gasteiger partial charge is 0.119 e. The number of benzene rings is 1. The van der Waals surface area contributed by atoms with Gasteiger partial charge in [-0.1, -0.05) is 6.07 Å². The van der Waals surface area contributed by atoms with Crippen molar-refractivity contribution in [2.75, 3.05) is 33.3 Å². The van der Waals surface area contributed by atoms with Crippen LogP contribution in [0.5, 0.6) is 5.75 Å². The average molecular weight is 236 g/mol. The zero-order chi connectivity index (χ0) is 12.7. The Morgan fingerprint density at radius 1 is 1.12 bits per heavy atom. The molecule has 0 saturated carbocycles. The number of hydrogen-bond acceptors (Lipinski definition) is 3. The van der Waals surface area contributed by atoms with Gasteiger partial charge in [0.1, 0.15) is 5.75 Å². The van der Waals surface area contributed by atoms with Crippen molar-refractivity contribution >= 4 is 0 Å². The van der Waals surface area contributed by atoms with Crippen LogP contribution in [0.15, 0.2) is 18.2 Å². The highest BCUT2D eigenvalue weighted by atomic mass is 16.5. The number of rotatable bonds is 7. The van der Waals surface area contributed by atoms with E-state index in [0.717, 1.165) is 31.9 Å². The van der Waals surface area contributed by atoms with Gasteiger partial charge >= 0.3 is 0 Å². The van der Waals surface area contributed by atoms with Gasteiger partial charge in [-0.15, -0.1) is 0 Å². The van der Waals surface area contributed by atoms with Crippen molar-refractivity contribution < 1.29 is 4.74 Å². The predicted octanol–water partition coefficient (Wildman–Crippen LogP) is 1.96. The van der Waals surface area contributed by atoms with E-state index in [9.17, 15) is 0 Å². The largest absolute Gasteiger partial charge is 0.494 e. The summed E-state index contributed by atoms with van der Waals surface area (Å²) >= 11 is 0. The zero-order valence-electron chi connectivity index (χ0n) is 11.2. The molecule has 0 aliphatic rings. The highest BCUT2D eigenvalue weighted by molar-refractivity contribution is 5.32. The lowest BCUT2D eigenvalue weighted by atomic mass is 10.1. The van der Waals surface area contributed by atoms with Crippen LogP contribution in [0.2, 0.25) is 0 Å². The Balaban J connectivity index is 2.26. The van der Waals surface area contributed by atoms with Gasteiger partial charge < -0.3 is 15.4 Å². The summed E-state index contributed by atoms with van der Waals surface area (Å²) in [6.07, 6.45) is 1.03. The monoisotopic (exact) mass is 236 g/mol. The van der Waals surface area contributed by atoms with E-state index in [1.54, 1.807) is 0 Å². The number of hydrogen-bond donors (Lipinski definition) is 1. The second kappa shape index (κ2) is 7.30. The van der Waals surface area contributed by atoms with Crippen LogP contribution in [0, 0.1) is 13.8 Å². The minimum atomic E-state index is 0.717. The summed E-state index contributed by atoms with van der Waals surface area (Å²) in [7, 11) is 2.09. The third-order valence-corrected chi connectivity index (χ3v) is 2.66. The van der Waals surface area contributed by atoms with E-state index in [2.05, 4.69) is 44.0 Å². The lowest BCUT2D eigenvalue weighted by Gasteiger charge is -2.15. The highest BCUT2D eigenvalue weighted by Crippen LogP contribution is 2.16. The van der Waals surface area contributed by atoms with Crippen LogP contribution in [0.1, 0.15) is 17.5 Å². The van der Waals surface area contributed by atoms with Gasteiger partial charge in [-0.2, -0.15) is 0 Å². The van der Waals surface area contributed by atoms with Crippen molar-refractivity contribution in [3.05, 3.63) is 29.3 Å². The molecule has 1 aromatic rings. The maximum Gasteiger partial charge on any atom is 0.119 e. The molecule has 96 valence electrons. The summed E-state index contributed by atoms with van der Waals surface area (Å²) < 4.78 is 5.74. The van der Waals surface area contributed by atoms with E-state index >= 15 is 0 Å². The highest BCUT2D eigenvalue weighted by Gasteiger charge is 1.99. The summed E-state index contributed by atoms with van der Waals surface area (Å²) in [4.78, 5) is 2.23. The lowest BCUT2D eigenvalue weighted by Crippen LogP contribution is -2.27. The SMILES string of the molecule is Cc1cc(C)cc(OCCCN(C)CCN)c1. The zero-order valence-corrected chi connectivity index (χ0v) is 11.2. The number of likely N-dealkylation sites (N-methyl/N-ethyl adjacent to an activating group) is 1. The minimum absolute atomic E-state index is 0.717. The molecule has 1 rings (SSSR count). The molecule has 0 fully saturated rings. The van der Waals surface area contributed by atoms with E-state index in [4.69, 9.17) is 10.5 Å². The summed E-state index contributed by atoms with van der Waals surface area (Å²) in [5.74, 6) is 0.976. The quantitative estimate of drug-likeness (QED) is 0.736. The van der Waals surface area contributed by atoms with E-state index in [1.165, 1.54) is 11.1 Å². The Bertz CT molecular complexity index is 319. The summed E-state index contributed by atoms with van der Waals surface area (Å²) in [6, 6.07) is 6.31. The Hall–Kier alpha value is -1.06. The molecule has 0 aromatic heterocycles. The molecule has 0 saturated heterocycles. The first-order valence-corrected chi connectivity index (χ1v) is 6.21. The number of nitrogens with two attached hydrogens (primary N) is 1. The van der Waals surface area contributed by atoms with Gasteiger partial charge in [0.05, 0.1) is 6.61 Å². The molecule has 0 bridgehead atoms. The fraction of sp³-hybridized carbons (Fsp3) is 0.571. The van der Waals surface area contributed by atoms with Crippen LogP contribution < -0.4 is 10.5 Å². The Kier molecular flexibility index (Phi) is 6.01. The number of nitrogens with zero attached hydrogens (tertiary/aromatic N) is 1. The van der Waals surface area contributed by atoms with E-state index in [-0.39, 0.29) is 0 Å². The molecule has 0 aliphatic heterocycles. The van der Waals surface area contributed by atoms with Crippen molar-refractivity contribution in [3.63, 3.8) is 0 Å². The Morgan fingerprint density at radius 3 is 2.35 bits per heavy atom. The second-order valence-corrected chi connectivity index (χ2v) is 4.62. The van der Waals surface area contributed by atoms with Gasteiger partial charge in [0, 0.05) is 19.6 Å². The maximum absolute atomic E-state index is 5.74. The fourth-order valence-corrected chi connectivity index (χ4v) is 1.87. The fourth-order valence-electron chi connectivity index (χ4n) is 1.87. The molecule has 0 aliphatic carbocycles. The molecule has 17 heavy (non-hydrogen) atoms. The predicted molar refractivity (Wildman–Crippen MR) is 72.6 cm³/mol. The lowest BCUT2D eigenvalue weighted by molar-refractivity contribution is 0.265. The topological polar surface area (TPSA) is 38.5 Å². The first kappa shape index (κ1) is 14.0. The van der Waals surface area contributed by atoms with E-state index < -0.39 is 0 Å². The van der Waals surface area contributed by atoms with Crippen LogP contribution in [0.3, 0.4) is 0 Å².